The zero-order valence-corrected chi connectivity index (χ0v) is 12.8. The summed E-state index contributed by atoms with van der Waals surface area (Å²) in [5, 5.41) is 8.63. The highest BCUT2D eigenvalue weighted by molar-refractivity contribution is 5.76. The summed E-state index contributed by atoms with van der Waals surface area (Å²) >= 11 is 0. The molecular weight excluding hydrogens is 282 g/mol. The second-order valence-electron chi connectivity index (χ2n) is 5.09. The van der Waals surface area contributed by atoms with Gasteiger partial charge in [-0.3, -0.25) is 13.9 Å². The van der Waals surface area contributed by atoms with Crippen LogP contribution in [-0.2, 0) is 22.6 Å². The van der Waals surface area contributed by atoms with Gasteiger partial charge in [0.2, 0.25) is 0 Å². The van der Waals surface area contributed by atoms with Crippen molar-refractivity contribution in [2.24, 2.45) is 0 Å². The van der Waals surface area contributed by atoms with Crippen molar-refractivity contribution in [2.75, 3.05) is 0 Å². The molecule has 0 aliphatic rings. The Balaban J connectivity index is 2.25. The molecule has 1 aromatic carbocycles. The number of hydrogen-bond donors (Lipinski definition) is 0. The third-order valence-corrected chi connectivity index (χ3v) is 3.40. The topological polar surface area (TPSA) is 77.0 Å². The molecule has 2 aromatic rings. The second-order valence-corrected chi connectivity index (χ2v) is 5.09. The third kappa shape index (κ3) is 3.19. The van der Waals surface area contributed by atoms with Gasteiger partial charge in [-0.25, -0.2) is 4.79 Å². The highest BCUT2D eigenvalue weighted by atomic mass is 16.5. The average Bonchev–Trinajstić information content (AvgIpc) is 2.78. The van der Waals surface area contributed by atoms with Crippen LogP contribution in [0.25, 0.3) is 11.0 Å². The molecule has 0 saturated carbocycles. The van der Waals surface area contributed by atoms with Crippen LogP contribution in [0.4, 0.5) is 0 Å². The summed E-state index contributed by atoms with van der Waals surface area (Å²) in [4.78, 5) is 24.2. The van der Waals surface area contributed by atoms with E-state index in [4.69, 9.17) is 10.00 Å². The number of imidazole rings is 1. The van der Waals surface area contributed by atoms with Crippen LogP contribution in [0.5, 0.6) is 0 Å². The Morgan fingerprint density at radius 3 is 2.41 bits per heavy atom. The van der Waals surface area contributed by atoms with Crippen molar-refractivity contribution in [1.82, 2.24) is 9.13 Å². The molecule has 1 atom stereocenters. The molecule has 6 nitrogen and oxygen atoms in total. The largest absolute Gasteiger partial charge is 0.447 e. The molecule has 0 amide bonds. The number of ether oxygens (including phenoxy) is 1. The molecule has 1 aromatic heterocycles. The number of carbonyl (C=O) groups excluding carboxylic acids is 1. The lowest BCUT2D eigenvalue weighted by atomic mass is 10.3. The number of nitrogens with zero attached hydrogens (tertiary/aromatic N) is 3. The Kier molecular flexibility index (Phi) is 4.99. The number of aryl methyl sites for hydroxylation is 2. The number of para-hydroxylation sites is 2. The fourth-order valence-corrected chi connectivity index (χ4v) is 2.41. The first kappa shape index (κ1) is 15.8. The smallest absolute Gasteiger partial charge is 0.329 e. The molecule has 0 fully saturated rings. The van der Waals surface area contributed by atoms with Crippen LogP contribution in [0, 0.1) is 11.3 Å². The number of aromatic nitrogens is 2. The monoisotopic (exact) mass is 301 g/mol. The zero-order valence-electron chi connectivity index (χ0n) is 12.8. The van der Waals surface area contributed by atoms with E-state index < -0.39 is 12.1 Å². The maximum atomic E-state index is 12.5. The standard InChI is InChI=1S/C16H19N3O3/c1-3-9-18-13-6-4-5-7-14(13)19(16(18)21)10-8-15(20)22-12(2)11-17/h4-7,12H,3,8-10H2,1-2H3/t12-/m0/s1. The van der Waals surface area contributed by atoms with Crippen molar-refractivity contribution >= 4 is 17.0 Å². The Labute approximate surface area is 128 Å². The third-order valence-electron chi connectivity index (χ3n) is 3.40. The molecule has 1 heterocycles. The van der Waals surface area contributed by atoms with E-state index in [-0.39, 0.29) is 18.7 Å². The van der Waals surface area contributed by atoms with E-state index in [1.54, 1.807) is 9.13 Å². The van der Waals surface area contributed by atoms with Gasteiger partial charge in [0.1, 0.15) is 6.07 Å². The highest BCUT2D eigenvalue weighted by Crippen LogP contribution is 2.13. The van der Waals surface area contributed by atoms with E-state index in [0.29, 0.717) is 6.54 Å². The minimum Gasteiger partial charge on any atom is -0.447 e. The maximum absolute atomic E-state index is 12.5. The summed E-state index contributed by atoms with van der Waals surface area (Å²) in [6, 6.07) is 9.36. The lowest BCUT2D eigenvalue weighted by Gasteiger charge is -2.06. The van der Waals surface area contributed by atoms with E-state index in [1.165, 1.54) is 6.92 Å². The maximum Gasteiger partial charge on any atom is 0.329 e. The first-order valence-electron chi connectivity index (χ1n) is 7.35. The van der Waals surface area contributed by atoms with Gasteiger partial charge >= 0.3 is 11.7 Å². The number of hydrogen-bond acceptors (Lipinski definition) is 4. The van der Waals surface area contributed by atoms with Crippen molar-refractivity contribution < 1.29 is 9.53 Å². The molecule has 0 radical (unpaired) electrons. The van der Waals surface area contributed by atoms with Gasteiger partial charge < -0.3 is 4.74 Å². The predicted octanol–water partition coefficient (Wildman–Crippen LogP) is 2.06. The van der Waals surface area contributed by atoms with Gasteiger partial charge in [-0.2, -0.15) is 5.26 Å². The molecule has 0 bridgehead atoms. The first-order chi connectivity index (χ1) is 10.6. The number of carbonyl (C=O) groups is 1. The van der Waals surface area contributed by atoms with Crippen LogP contribution >= 0.6 is 0 Å². The molecule has 6 heteroatoms. The van der Waals surface area contributed by atoms with Gasteiger partial charge in [0, 0.05) is 13.1 Å². The normalized spacial score (nSPS) is 12.0. The van der Waals surface area contributed by atoms with Crippen molar-refractivity contribution in [3.05, 3.63) is 34.7 Å². The predicted molar refractivity (Wildman–Crippen MR) is 82.3 cm³/mol. The van der Waals surface area contributed by atoms with Crippen LogP contribution in [0.2, 0.25) is 0 Å². The van der Waals surface area contributed by atoms with Crippen molar-refractivity contribution in [3.63, 3.8) is 0 Å². The molecule has 0 aliphatic heterocycles. The lowest BCUT2D eigenvalue weighted by Crippen LogP contribution is -2.26. The number of rotatable bonds is 6. The van der Waals surface area contributed by atoms with Crippen LogP contribution in [0.3, 0.4) is 0 Å². The molecule has 0 spiro atoms. The molecule has 116 valence electrons. The van der Waals surface area contributed by atoms with Crippen molar-refractivity contribution in [2.45, 2.75) is 45.9 Å². The number of esters is 1. The molecule has 0 aliphatic carbocycles. The average molecular weight is 301 g/mol. The Morgan fingerprint density at radius 1 is 1.27 bits per heavy atom. The van der Waals surface area contributed by atoms with Gasteiger partial charge in [-0.15, -0.1) is 0 Å². The molecule has 0 saturated heterocycles. The molecule has 0 unspecified atom stereocenters. The number of benzene rings is 1. The molecule has 22 heavy (non-hydrogen) atoms. The Hall–Kier alpha value is -2.55. The summed E-state index contributed by atoms with van der Waals surface area (Å²) in [6.07, 6.45) is 0.146. The van der Waals surface area contributed by atoms with Crippen LogP contribution in [0.15, 0.2) is 29.1 Å². The quantitative estimate of drug-likeness (QED) is 0.765. The van der Waals surface area contributed by atoms with Crippen LogP contribution in [-0.4, -0.2) is 21.2 Å². The Morgan fingerprint density at radius 2 is 1.86 bits per heavy atom. The Bertz CT molecular complexity index is 767. The minimum atomic E-state index is -0.773. The van der Waals surface area contributed by atoms with Gasteiger partial charge in [-0.05, 0) is 25.5 Å². The SMILES string of the molecule is CCCn1c(=O)n(CCC(=O)O[C@@H](C)C#N)c2ccccc21. The van der Waals surface area contributed by atoms with Crippen molar-refractivity contribution in [1.29, 1.82) is 5.26 Å². The van der Waals surface area contributed by atoms with E-state index in [0.717, 1.165) is 17.5 Å². The molecular formula is C16H19N3O3. The minimum absolute atomic E-state index is 0.0616. The summed E-state index contributed by atoms with van der Waals surface area (Å²) < 4.78 is 8.21. The molecule has 2 rings (SSSR count). The van der Waals surface area contributed by atoms with E-state index >= 15 is 0 Å². The van der Waals surface area contributed by atoms with Gasteiger partial charge in [-0.1, -0.05) is 19.1 Å². The van der Waals surface area contributed by atoms with Gasteiger partial charge in [0.25, 0.3) is 0 Å². The first-order valence-corrected chi connectivity index (χ1v) is 7.35. The highest BCUT2D eigenvalue weighted by Gasteiger charge is 2.14. The summed E-state index contributed by atoms with van der Waals surface area (Å²) in [5.41, 5.74) is 1.55. The van der Waals surface area contributed by atoms with Crippen LogP contribution in [0.1, 0.15) is 26.7 Å². The molecule has 0 N–H and O–H groups in total. The summed E-state index contributed by atoms with van der Waals surface area (Å²) in [6.45, 7) is 4.41. The fraction of sp³-hybridized carbons (Fsp3) is 0.438. The number of fused-ring (bicyclic) bond motifs is 1. The summed E-state index contributed by atoms with van der Waals surface area (Å²) in [7, 11) is 0. The van der Waals surface area contributed by atoms with E-state index in [2.05, 4.69) is 0 Å². The second kappa shape index (κ2) is 6.94. The zero-order chi connectivity index (χ0) is 16.1. The van der Waals surface area contributed by atoms with Crippen LogP contribution < -0.4 is 5.69 Å². The summed E-state index contributed by atoms with van der Waals surface area (Å²) in [5.74, 6) is -0.478. The van der Waals surface area contributed by atoms with E-state index in [9.17, 15) is 9.59 Å². The van der Waals surface area contributed by atoms with Gasteiger partial charge in [0.05, 0.1) is 17.5 Å². The lowest BCUT2D eigenvalue weighted by molar-refractivity contribution is -0.146. The van der Waals surface area contributed by atoms with Gasteiger partial charge in [0.15, 0.2) is 6.10 Å². The van der Waals surface area contributed by atoms with E-state index in [1.807, 2.05) is 37.3 Å². The fourth-order valence-electron chi connectivity index (χ4n) is 2.41. The number of nitriles is 1. The van der Waals surface area contributed by atoms with Crippen molar-refractivity contribution in [3.8, 4) is 6.07 Å².